The Morgan fingerprint density at radius 3 is 2.58 bits per heavy atom. The fraction of sp³-hybridized carbons (Fsp3) is 0.355. The summed E-state index contributed by atoms with van der Waals surface area (Å²) in [5.41, 5.74) is 7.75. The number of aromatic nitrogens is 3. The Kier molecular flexibility index (Phi) is 9.15. The quantitative estimate of drug-likeness (QED) is 0.201. The molecular formula is C31H36ClFN6O4. The number of nitrogen functional groups attached to an aromatic ring is 1. The number of nitrogens with one attached hydrogen (secondary N) is 2. The number of anilines is 2. The fourth-order valence-electron chi connectivity index (χ4n) is 4.73. The summed E-state index contributed by atoms with van der Waals surface area (Å²) < 4.78 is 27.3. The Morgan fingerprint density at radius 1 is 1.21 bits per heavy atom. The number of ether oxygens (including phenoxy) is 2. The number of methoxy groups -OCH3 is 1. The Morgan fingerprint density at radius 2 is 1.93 bits per heavy atom. The van der Waals surface area contributed by atoms with Gasteiger partial charge in [-0.2, -0.15) is 0 Å². The second kappa shape index (κ2) is 12.5. The van der Waals surface area contributed by atoms with Gasteiger partial charge in [0.05, 0.1) is 40.5 Å². The van der Waals surface area contributed by atoms with Gasteiger partial charge in [0.1, 0.15) is 28.5 Å². The van der Waals surface area contributed by atoms with Crippen LogP contribution in [0, 0.1) is 12.7 Å². The van der Waals surface area contributed by atoms with E-state index < -0.39 is 23.1 Å². The van der Waals surface area contributed by atoms with Crippen molar-refractivity contribution in [3.63, 3.8) is 0 Å². The van der Waals surface area contributed by atoms with Gasteiger partial charge in [-0.25, -0.2) is 14.2 Å². The molecule has 1 amide bonds. The molecule has 228 valence electrons. The van der Waals surface area contributed by atoms with Crippen LogP contribution in [0.5, 0.6) is 5.75 Å². The maximum absolute atomic E-state index is 15.2. The minimum absolute atomic E-state index is 0.0479. The van der Waals surface area contributed by atoms with Crippen LogP contribution >= 0.6 is 11.6 Å². The van der Waals surface area contributed by atoms with Gasteiger partial charge in [-0.15, -0.1) is 0 Å². The van der Waals surface area contributed by atoms with Gasteiger partial charge in [-0.05, 0) is 63.4 Å². The average molecular weight is 611 g/mol. The third-order valence-electron chi connectivity index (χ3n) is 6.59. The van der Waals surface area contributed by atoms with Crippen molar-refractivity contribution in [2.45, 2.75) is 53.1 Å². The maximum Gasteiger partial charge on any atom is 0.407 e. The van der Waals surface area contributed by atoms with Crippen molar-refractivity contribution in [3.8, 4) is 22.7 Å². The number of carbonyl (C=O) groups excluding carboxylic acids is 1. The monoisotopic (exact) mass is 610 g/mol. The highest BCUT2D eigenvalue weighted by Gasteiger charge is 2.25. The molecule has 0 bridgehead atoms. The molecule has 0 aliphatic heterocycles. The summed E-state index contributed by atoms with van der Waals surface area (Å²) in [7, 11) is 1.42. The third kappa shape index (κ3) is 6.51. The van der Waals surface area contributed by atoms with Gasteiger partial charge in [0.2, 0.25) is 0 Å². The number of rotatable bonds is 8. The van der Waals surface area contributed by atoms with Crippen molar-refractivity contribution >= 4 is 40.1 Å². The summed E-state index contributed by atoms with van der Waals surface area (Å²) in [6, 6.07) is 7.78. The molecule has 0 aliphatic carbocycles. The van der Waals surface area contributed by atoms with Gasteiger partial charge < -0.3 is 25.8 Å². The number of nitrogens with zero attached hydrogens (tertiary/aromatic N) is 3. The number of aryl methyl sites for hydroxylation is 1. The van der Waals surface area contributed by atoms with E-state index in [9.17, 15) is 9.59 Å². The summed E-state index contributed by atoms with van der Waals surface area (Å²) in [5.74, 6) is -0.414. The lowest BCUT2D eigenvalue weighted by Gasteiger charge is -2.22. The van der Waals surface area contributed by atoms with E-state index in [4.69, 9.17) is 31.8 Å². The predicted molar refractivity (Wildman–Crippen MR) is 168 cm³/mol. The van der Waals surface area contributed by atoms with Gasteiger partial charge in [0, 0.05) is 24.7 Å². The number of hydrogen-bond acceptors (Lipinski definition) is 8. The van der Waals surface area contributed by atoms with Gasteiger partial charge >= 0.3 is 6.09 Å². The topological polar surface area (TPSA) is 133 Å². The van der Waals surface area contributed by atoms with E-state index >= 15 is 4.39 Å². The van der Waals surface area contributed by atoms with Crippen LogP contribution in [-0.4, -0.2) is 46.4 Å². The molecule has 0 saturated carbocycles. The molecule has 10 nitrogen and oxygen atoms in total. The minimum atomic E-state index is -0.650. The Labute approximate surface area is 254 Å². The fourth-order valence-corrected chi connectivity index (χ4v) is 4.98. The SMILES string of the molecule is COc1cccc(F)c1-c1nc2c(cc1Cl)c(NCCNC(=O)OC(C)(C)C)c(N)c(=O)n2-c1c(C)ccnc1C(C)C. The van der Waals surface area contributed by atoms with Crippen molar-refractivity contribution < 1.29 is 18.7 Å². The van der Waals surface area contributed by atoms with Crippen molar-refractivity contribution in [1.29, 1.82) is 0 Å². The Bertz CT molecular complexity index is 1750. The Hall–Kier alpha value is -4.38. The standard InChI is InChI=1S/C31H36ClFN6O4/c1-16(2)24-27(17(3)11-12-35-24)39-28-18(15-19(32)26(38-28)22-20(33)9-8-10-21(22)42-7)25(23(34)29(39)40)36-13-14-37-30(41)43-31(4,5)6/h8-12,15-16,36H,13-14,34H2,1-7H3,(H,37,41). The van der Waals surface area contributed by atoms with Crippen LogP contribution in [0.25, 0.3) is 28.0 Å². The number of hydrogen-bond donors (Lipinski definition) is 3. The zero-order valence-corrected chi connectivity index (χ0v) is 26.0. The molecule has 0 fully saturated rings. The van der Waals surface area contributed by atoms with Crippen LogP contribution in [0.1, 0.15) is 51.8 Å². The van der Waals surface area contributed by atoms with Crippen molar-refractivity contribution in [2.75, 3.05) is 31.2 Å². The molecule has 4 aromatic rings. The zero-order valence-electron chi connectivity index (χ0n) is 25.3. The molecule has 0 unspecified atom stereocenters. The van der Waals surface area contributed by atoms with Crippen LogP contribution in [0.4, 0.5) is 20.6 Å². The first-order valence-corrected chi connectivity index (χ1v) is 14.2. The second-order valence-electron chi connectivity index (χ2n) is 11.3. The summed E-state index contributed by atoms with van der Waals surface area (Å²) in [5, 5.41) is 6.33. The first-order valence-electron chi connectivity index (χ1n) is 13.8. The average Bonchev–Trinajstić information content (AvgIpc) is 2.92. The molecule has 1 aromatic carbocycles. The molecule has 0 atom stereocenters. The zero-order chi connectivity index (χ0) is 31.6. The third-order valence-corrected chi connectivity index (χ3v) is 6.88. The smallest absolute Gasteiger partial charge is 0.407 e. The molecule has 0 saturated heterocycles. The van der Waals surface area contributed by atoms with Crippen molar-refractivity contribution in [1.82, 2.24) is 19.9 Å². The highest BCUT2D eigenvalue weighted by molar-refractivity contribution is 6.34. The largest absolute Gasteiger partial charge is 0.496 e. The molecule has 3 heterocycles. The molecule has 43 heavy (non-hydrogen) atoms. The van der Waals surface area contributed by atoms with E-state index in [2.05, 4.69) is 15.6 Å². The van der Waals surface area contributed by atoms with Crippen LogP contribution in [-0.2, 0) is 4.74 Å². The van der Waals surface area contributed by atoms with E-state index in [1.54, 1.807) is 45.2 Å². The molecule has 4 rings (SSSR count). The Balaban J connectivity index is 1.96. The summed E-state index contributed by atoms with van der Waals surface area (Å²) >= 11 is 6.75. The molecule has 0 aliphatic rings. The number of carbonyl (C=O) groups is 1. The number of benzene rings is 1. The first kappa shape index (κ1) is 31.6. The highest BCUT2D eigenvalue weighted by Crippen LogP contribution is 2.40. The van der Waals surface area contributed by atoms with Crippen LogP contribution in [0.2, 0.25) is 5.02 Å². The lowest BCUT2D eigenvalue weighted by molar-refractivity contribution is 0.0530. The highest BCUT2D eigenvalue weighted by atomic mass is 35.5. The normalized spacial score (nSPS) is 11.6. The summed E-state index contributed by atoms with van der Waals surface area (Å²) in [6.07, 6.45) is 1.10. The van der Waals surface area contributed by atoms with Crippen molar-refractivity contribution in [3.05, 3.63) is 69.0 Å². The maximum atomic E-state index is 15.2. The minimum Gasteiger partial charge on any atom is -0.496 e. The van der Waals surface area contributed by atoms with E-state index in [-0.39, 0.29) is 58.1 Å². The molecule has 3 aromatic heterocycles. The number of fused-ring (bicyclic) bond motifs is 1. The van der Waals surface area contributed by atoms with Crippen LogP contribution in [0.3, 0.4) is 0 Å². The first-order chi connectivity index (χ1) is 20.2. The molecule has 0 radical (unpaired) electrons. The molecule has 4 N–H and O–H groups in total. The van der Waals surface area contributed by atoms with Gasteiger partial charge in [0.15, 0.2) is 0 Å². The number of pyridine rings is 3. The number of halogens is 2. The van der Waals surface area contributed by atoms with Crippen molar-refractivity contribution in [2.24, 2.45) is 0 Å². The van der Waals surface area contributed by atoms with Crippen LogP contribution < -0.4 is 26.7 Å². The van der Waals surface area contributed by atoms with E-state index in [1.807, 2.05) is 20.8 Å². The lowest BCUT2D eigenvalue weighted by atomic mass is 10.0. The summed E-state index contributed by atoms with van der Waals surface area (Å²) in [6.45, 7) is 11.5. The number of amides is 1. The molecular weight excluding hydrogens is 575 g/mol. The number of alkyl carbamates (subject to hydrolysis) is 1. The van der Waals surface area contributed by atoms with E-state index in [0.717, 1.165) is 5.56 Å². The second-order valence-corrected chi connectivity index (χ2v) is 11.7. The molecule has 0 spiro atoms. The number of nitrogens with two attached hydrogens (primary N) is 1. The van der Waals surface area contributed by atoms with Gasteiger partial charge in [-0.3, -0.25) is 14.3 Å². The lowest BCUT2D eigenvalue weighted by Crippen LogP contribution is -2.35. The summed E-state index contributed by atoms with van der Waals surface area (Å²) in [4.78, 5) is 35.5. The van der Waals surface area contributed by atoms with E-state index in [1.165, 1.54) is 23.8 Å². The van der Waals surface area contributed by atoms with Gasteiger partial charge in [-0.1, -0.05) is 31.5 Å². The van der Waals surface area contributed by atoms with Crippen LogP contribution in [0.15, 0.2) is 41.3 Å². The molecule has 12 heteroatoms. The van der Waals surface area contributed by atoms with E-state index in [0.29, 0.717) is 16.8 Å². The van der Waals surface area contributed by atoms with Gasteiger partial charge in [0.25, 0.3) is 5.56 Å². The predicted octanol–water partition coefficient (Wildman–Crippen LogP) is 6.20.